The van der Waals surface area contributed by atoms with Gasteiger partial charge in [0.05, 0.1) is 0 Å². The zero-order valence-electron chi connectivity index (χ0n) is 10.3. The molecule has 0 spiro atoms. The number of benzene rings is 1. The first-order chi connectivity index (χ1) is 8.29. The van der Waals surface area contributed by atoms with Gasteiger partial charge in [0, 0.05) is 23.8 Å². The first-order valence-corrected chi connectivity index (χ1v) is 6.44. The van der Waals surface area contributed by atoms with Crippen LogP contribution in [0.3, 0.4) is 0 Å². The third-order valence-electron chi connectivity index (χ3n) is 3.21. The maximum Gasteiger partial charge on any atom is 0.251 e. The number of hydrogen-bond acceptors (Lipinski definition) is 2. The van der Waals surface area contributed by atoms with Crippen molar-refractivity contribution in [2.24, 2.45) is 0 Å². The minimum Gasteiger partial charge on any atom is -0.382 e. The molecule has 3 nitrogen and oxygen atoms in total. The van der Waals surface area contributed by atoms with Crippen molar-refractivity contribution in [3.8, 4) is 0 Å². The molecule has 1 aromatic carbocycles. The molecule has 0 saturated heterocycles. The molecule has 92 valence electrons. The van der Waals surface area contributed by atoms with Crippen LogP contribution >= 0.6 is 0 Å². The van der Waals surface area contributed by atoms with Crippen molar-refractivity contribution in [2.45, 2.75) is 38.6 Å². The number of anilines is 1. The lowest BCUT2D eigenvalue weighted by Crippen LogP contribution is -2.22. The maximum absolute atomic E-state index is 11.6. The summed E-state index contributed by atoms with van der Waals surface area (Å²) in [5, 5.41) is 6.30. The molecule has 1 aromatic rings. The summed E-state index contributed by atoms with van der Waals surface area (Å²) in [5.41, 5.74) is 1.84. The number of rotatable bonds is 4. The third kappa shape index (κ3) is 3.22. The van der Waals surface area contributed by atoms with Gasteiger partial charge in [-0.1, -0.05) is 12.8 Å². The van der Waals surface area contributed by atoms with E-state index in [9.17, 15) is 4.79 Å². The normalized spacial score (nSPS) is 15.8. The molecule has 0 radical (unpaired) electrons. The molecule has 1 saturated carbocycles. The summed E-state index contributed by atoms with van der Waals surface area (Å²) in [6.07, 6.45) is 5.18. The molecule has 1 aliphatic rings. The van der Waals surface area contributed by atoms with E-state index in [0.29, 0.717) is 12.6 Å². The van der Waals surface area contributed by atoms with Gasteiger partial charge in [-0.3, -0.25) is 4.79 Å². The van der Waals surface area contributed by atoms with Crippen molar-refractivity contribution >= 4 is 11.6 Å². The Bertz CT molecular complexity index is 366. The highest BCUT2D eigenvalue weighted by Gasteiger charge is 2.14. The molecule has 0 heterocycles. The summed E-state index contributed by atoms with van der Waals surface area (Å²) in [6.45, 7) is 2.59. The largest absolute Gasteiger partial charge is 0.382 e. The molecule has 1 amide bonds. The number of nitrogens with one attached hydrogen (secondary N) is 2. The van der Waals surface area contributed by atoms with E-state index in [1.54, 1.807) is 0 Å². The van der Waals surface area contributed by atoms with Crippen molar-refractivity contribution in [1.29, 1.82) is 0 Å². The van der Waals surface area contributed by atoms with E-state index in [0.717, 1.165) is 11.3 Å². The minimum atomic E-state index is -0.0000774. The Kier molecular flexibility index (Phi) is 4.02. The van der Waals surface area contributed by atoms with Crippen LogP contribution in [-0.4, -0.2) is 18.5 Å². The zero-order valence-corrected chi connectivity index (χ0v) is 10.3. The number of carbonyl (C=O) groups is 1. The van der Waals surface area contributed by atoms with Gasteiger partial charge in [-0.05, 0) is 44.0 Å². The molecule has 0 aliphatic heterocycles. The second kappa shape index (κ2) is 5.71. The SMILES string of the molecule is CCNC(=O)c1ccc(NC2CCCC2)cc1. The standard InChI is InChI=1S/C14H20N2O/c1-2-15-14(17)11-7-9-13(10-8-11)16-12-5-3-4-6-12/h7-10,12,16H,2-6H2,1H3,(H,15,17). The van der Waals surface area contributed by atoms with E-state index in [1.165, 1.54) is 25.7 Å². The van der Waals surface area contributed by atoms with Crippen LogP contribution in [0.25, 0.3) is 0 Å². The average molecular weight is 232 g/mol. The van der Waals surface area contributed by atoms with E-state index in [2.05, 4.69) is 10.6 Å². The van der Waals surface area contributed by atoms with Gasteiger partial charge in [0.2, 0.25) is 0 Å². The summed E-state index contributed by atoms with van der Waals surface area (Å²) >= 11 is 0. The van der Waals surface area contributed by atoms with Crippen LogP contribution in [0.15, 0.2) is 24.3 Å². The predicted molar refractivity (Wildman–Crippen MR) is 70.3 cm³/mol. The van der Waals surface area contributed by atoms with Crippen LogP contribution in [0.1, 0.15) is 43.0 Å². The van der Waals surface area contributed by atoms with Crippen molar-refractivity contribution in [3.05, 3.63) is 29.8 Å². The van der Waals surface area contributed by atoms with Crippen LogP contribution in [0.5, 0.6) is 0 Å². The molecular weight excluding hydrogens is 212 g/mol. The summed E-state index contributed by atoms with van der Waals surface area (Å²) in [5.74, 6) is -0.0000774. The van der Waals surface area contributed by atoms with E-state index >= 15 is 0 Å². The number of hydrogen-bond donors (Lipinski definition) is 2. The summed E-state index contributed by atoms with van der Waals surface area (Å²) in [7, 11) is 0. The van der Waals surface area contributed by atoms with Gasteiger partial charge in [0.1, 0.15) is 0 Å². The topological polar surface area (TPSA) is 41.1 Å². The summed E-state index contributed by atoms with van der Waals surface area (Å²) in [6, 6.07) is 8.35. The molecule has 3 heteroatoms. The van der Waals surface area contributed by atoms with E-state index in [-0.39, 0.29) is 5.91 Å². The maximum atomic E-state index is 11.6. The third-order valence-corrected chi connectivity index (χ3v) is 3.21. The monoisotopic (exact) mass is 232 g/mol. The van der Waals surface area contributed by atoms with Gasteiger partial charge >= 0.3 is 0 Å². The lowest BCUT2D eigenvalue weighted by atomic mass is 10.1. The quantitative estimate of drug-likeness (QED) is 0.838. The van der Waals surface area contributed by atoms with Crippen molar-refractivity contribution in [1.82, 2.24) is 5.32 Å². The van der Waals surface area contributed by atoms with E-state index < -0.39 is 0 Å². The molecule has 0 aromatic heterocycles. The first-order valence-electron chi connectivity index (χ1n) is 6.44. The van der Waals surface area contributed by atoms with Crippen LogP contribution in [-0.2, 0) is 0 Å². The predicted octanol–water partition coefficient (Wildman–Crippen LogP) is 2.79. The van der Waals surface area contributed by atoms with Gasteiger partial charge in [-0.25, -0.2) is 0 Å². The van der Waals surface area contributed by atoms with Gasteiger partial charge in [0.15, 0.2) is 0 Å². The van der Waals surface area contributed by atoms with Crippen molar-refractivity contribution < 1.29 is 4.79 Å². The second-order valence-electron chi connectivity index (χ2n) is 4.56. The van der Waals surface area contributed by atoms with E-state index in [1.807, 2.05) is 31.2 Å². The lowest BCUT2D eigenvalue weighted by molar-refractivity contribution is 0.0956. The number of carbonyl (C=O) groups excluding carboxylic acids is 1. The average Bonchev–Trinajstić information content (AvgIpc) is 2.83. The molecule has 17 heavy (non-hydrogen) atoms. The van der Waals surface area contributed by atoms with Gasteiger partial charge in [0.25, 0.3) is 5.91 Å². The van der Waals surface area contributed by atoms with Crippen molar-refractivity contribution in [2.75, 3.05) is 11.9 Å². The Labute approximate surface area is 103 Å². The Hall–Kier alpha value is -1.51. The lowest BCUT2D eigenvalue weighted by Gasteiger charge is -2.13. The zero-order chi connectivity index (χ0) is 12.1. The summed E-state index contributed by atoms with van der Waals surface area (Å²) in [4.78, 5) is 11.6. The molecule has 0 bridgehead atoms. The fourth-order valence-corrected chi connectivity index (χ4v) is 2.29. The van der Waals surface area contributed by atoms with Crippen LogP contribution in [0, 0.1) is 0 Å². The molecule has 2 N–H and O–H groups in total. The van der Waals surface area contributed by atoms with Gasteiger partial charge in [-0.2, -0.15) is 0 Å². The fourth-order valence-electron chi connectivity index (χ4n) is 2.29. The second-order valence-corrected chi connectivity index (χ2v) is 4.56. The molecule has 0 atom stereocenters. The highest BCUT2D eigenvalue weighted by molar-refractivity contribution is 5.94. The highest BCUT2D eigenvalue weighted by Crippen LogP contribution is 2.22. The Balaban J connectivity index is 1.94. The smallest absolute Gasteiger partial charge is 0.251 e. The van der Waals surface area contributed by atoms with Gasteiger partial charge < -0.3 is 10.6 Å². The number of amides is 1. The summed E-state index contributed by atoms with van der Waals surface area (Å²) < 4.78 is 0. The Morgan fingerprint density at radius 3 is 2.47 bits per heavy atom. The molecular formula is C14H20N2O. The molecule has 1 fully saturated rings. The van der Waals surface area contributed by atoms with Crippen LogP contribution < -0.4 is 10.6 Å². The molecule has 0 unspecified atom stereocenters. The molecule has 2 rings (SSSR count). The Morgan fingerprint density at radius 1 is 1.24 bits per heavy atom. The Morgan fingerprint density at radius 2 is 1.88 bits per heavy atom. The molecule has 1 aliphatic carbocycles. The van der Waals surface area contributed by atoms with Gasteiger partial charge in [-0.15, -0.1) is 0 Å². The van der Waals surface area contributed by atoms with Crippen LogP contribution in [0.2, 0.25) is 0 Å². The van der Waals surface area contributed by atoms with E-state index in [4.69, 9.17) is 0 Å². The van der Waals surface area contributed by atoms with Crippen molar-refractivity contribution in [3.63, 3.8) is 0 Å². The fraction of sp³-hybridized carbons (Fsp3) is 0.500. The first kappa shape index (κ1) is 12.0. The van der Waals surface area contributed by atoms with Crippen LogP contribution in [0.4, 0.5) is 5.69 Å². The highest BCUT2D eigenvalue weighted by atomic mass is 16.1. The minimum absolute atomic E-state index is 0.0000774.